The average Bonchev–Trinajstić information content (AvgIpc) is 2.71. The standard InChI is InChI=1S/C11H24N2O8S/c1-12(2)7-3-13(8(5-14)11(7)17)4-9(16)10(6-15)21-22(18,19)20/h7-11,14-17H,3-6H2,1-2H3,(H,18,19,20)/p+1/t7-,8-,9-,10+,11+/m1/s1. The van der Waals surface area contributed by atoms with Crippen molar-refractivity contribution < 1.29 is 42.5 Å². The topological polar surface area (TPSA) is 152 Å². The van der Waals surface area contributed by atoms with Gasteiger partial charge < -0.3 is 25.3 Å². The first-order valence-corrected chi connectivity index (χ1v) is 8.24. The Kier molecular flexibility index (Phi) is 7.11. The Morgan fingerprint density at radius 3 is 2.36 bits per heavy atom. The number of quaternary nitrogens is 1. The van der Waals surface area contributed by atoms with Gasteiger partial charge in [-0.2, -0.15) is 8.42 Å². The van der Waals surface area contributed by atoms with E-state index in [1.807, 2.05) is 14.1 Å². The summed E-state index contributed by atoms with van der Waals surface area (Å²) in [5.74, 6) is 0. The normalized spacial score (nSPS) is 29.9. The molecule has 0 aromatic heterocycles. The molecule has 0 bridgehead atoms. The van der Waals surface area contributed by atoms with Gasteiger partial charge in [0.15, 0.2) is 0 Å². The Morgan fingerprint density at radius 2 is 1.95 bits per heavy atom. The molecule has 0 aromatic carbocycles. The number of aliphatic hydroxyl groups excluding tert-OH is 4. The molecule has 6 N–H and O–H groups in total. The number of nitrogens with zero attached hydrogens (tertiary/aromatic N) is 1. The summed E-state index contributed by atoms with van der Waals surface area (Å²) in [7, 11) is -1.11. The van der Waals surface area contributed by atoms with E-state index in [0.717, 1.165) is 4.90 Å². The van der Waals surface area contributed by atoms with Crippen molar-refractivity contribution in [1.29, 1.82) is 0 Å². The van der Waals surface area contributed by atoms with Crippen molar-refractivity contribution in [3.8, 4) is 0 Å². The molecule has 22 heavy (non-hydrogen) atoms. The smallest absolute Gasteiger partial charge is 0.395 e. The molecule has 0 spiro atoms. The van der Waals surface area contributed by atoms with Crippen molar-refractivity contribution in [3.63, 3.8) is 0 Å². The molecule has 1 heterocycles. The van der Waals surface area contributed by atoms with Crippen LogP contribution in [0.3, 0.4) is 0 Å². The van der Waals surface area contributed by atoms with Crippen LogP contribution in [0.5, 0.6) is 0 Å². The van der Waals surface area contributed by atoms with Crippen LogP contribution < -0.4 is 4.90 Å². The Bertz CT molecular complexity index is 445. The number of hydrogen-bond acceptors (Lipinski definition) is 8. The van der Waals surface area contributed by atoms with Gasteiger partial charge in [-0.3, -0.25) is 9.45 Å². The van der Waals surface area contributed by atoms with E-state index >= 15 is 0 Å². The molecule has 1 rings (SSSR count). The molecule has 10 nitrogen and oxygen atoms in total. The largest absolute Gasteiger partial charge is 0.397 e. The fraction of sp³-hybridized carbons (Fsp3) is 1.00. The van der Waals surface area contributed by atoms with E-state index in [1.165, 1.54) is 0 Å². The summed E-state index contributed by atoms with van der Waals surface area (Å²) in [5.41, 5.74) is 0. The molecule has 11 heteroatoms. The van der Waals surface area contributed by atoms with Crippen molar-refractivity contribution in [1.82, 2.24) is 4.90 Å². The van der Waals surface area contributed by atoms with Gasteiger partial charge in [0.25, 0.3) is 0 Å². The Balaban J connectivity index is 2.75. The summed E-state index contributed by atoms with van der Waals surface area (Å²) in [4.78, 5) is 2.57. The van der Waals surface area contributed by atoms with Crippen LogP contribution in [0.25, 0.3) is 0 Å². The van der Waals surface area contributed by atoms with Gasteiger partial charge in [-0.1, -0.05) is 0 Å². The lowest BCUT2D eigenvalue weighted by atomic mass is 10.1. The first-order chi connectivity index (χ1) is 10.1. The van der Waals surface area contributed by atoms with Crippen LogP contribution in [0, 0.1) is 0 Å². The predicted molar refractivity (Wildman–Crippen MR) is 74.6 cm³/mol. The van der Waals surface area contributed by atoms with Crippen molar-refractivity contribution >= 4 is 10.4 Å². The molecular weight excluding hydrogens is 320 g/mol. The zero-order chi connectivity index (χ0) is 17.1. The van der Waals surface area contributed by atoms with Gasteiger partial charge in [0, 0.05) is 6.54 Å². The summed E-state index contributed by atoms with van der Waals surface area (Å²) < 4.78 is 34.2. The molecule has 1 fully saturated rings. The molecule has 0 aliphatic carbocycles. The molecule has 132 valence electrons. The van der Waals surface area contributed by atoms with Crippen LogP contribution in [0.15, 0.2) is 0 Å². The van der Waals surface area contributed by atoms with Crippen molar-refractivity contribution in [2.75, 3.05) is 40.4 Å². The first kappa shape index (κ1) is 19.7. The number of aliphatic hydroxyl groups is 4. The highest BCUT2D eigenvalue weighted by Crippen LogP contribution is 2.18. The zero-order valence-corrected chi connectivity index (χ0v) is 13.3. The van der Waals surface area contributed by atoms with Crippen LogP contribution >= 0.6 is 0 Å². The van der Waals surface area contributed by atoms with E-state index in [0.29, 0.717) is 6.54 Å². The van der Waals surface area contributed by atoms with Gasteiger partial charge in [0.05, 0.1) is 46.0 Å². The van der Waals surface area contributed by atoms with Crippen molar-refractivity contribution in [2.24, 2.45) is 0 Å². The summed E-state index contributed by atoms with van der Waals surface area (Å²) >= 11 is 0. The molecular formula is C11H25N2O8S+. The molecule has 1 aliphatic rings. The molecule has 0 radical (unpaired) electrons. The van der Waals surface area contributed by atoms with E-state index in [9.17, 15) is 23.7 Å². The zero-order valence-electron chi connectivity index (χ0n) is 12.5. The molecule has 1 aliphatic heterocycles. The highest BCUT2D eigenvalue weighted by molar-refractivity contribution is 7.80. The molecule has 1 saturated heterocycles. The van der Waals surface area contributed by atoms with Crippen LogP contribution in [0.4, 0.5) is 0 Å². The quantitative estimate of drug-likeness (QED) is 0.238. The highest BCUT2D eigenvalue weighted by atomic mass is 32.3. The lowest BCUT2D eigenvalue weighted by Crippen LogP contribution is -3.11. The van der Waals surface area contributed by atoms with Gasteiger partial charge in [-0.25, -0.2) is 4.18 Å². The minimum absolute atomic E-state index is 0.132. The van der Waals surface area contributed by atoms with Gasteiger partial charge in [0.2, 0.25) is 0 Å². The maximum atomic E-state index is 10.7. The molecule has 5 atom stereocenters. The Labute approximate surface area is 129 Å². The van der Waals surface area contributed by atoms with E-state index in [1.54, 1.807) is 4.90 Å². The minimum Gasteiger partial charge on any atom is -0.395 e. The van der Waals surface area contributed by atoms with Crippen molar-refractivity contribution in [3.05, 3.63) is 0 Å². The Hall–Kier alpha value is -0.370. The van der Waals surface area contributed by atoms with Gasteiger partial charge in [-0.15, -0.1) is 0 Å². The maximum Gasteiger partial charge on any atom is 0.397 e. The summed E-state index contributed by atoms with van der Waals surface area (Å²) in [5, 5.41) is 38.6. The molecule has 0 aromatic rings. The van der Waals surface area contributed by atoms with Gasteiger partial charge in [-0.05, 0) is 0 Å². The minimum atomic E-state index is -4.81. The lowest BCUT2D eigenvalue weighted by Gasteiger charge is -2.28. The van der Waals surface area contributed by atoms with E-state index in [2.05, 4.69) is 4.18 Å². The van der Waals surface area contributed by atoms with Crippen LogP contribution in [-0.4, -0.2) is 109 Å². The number of likely N-dealkylation sites (tertiary alicyclic amines) is 1. The Morgan fingerprint density at radius 1 is 1.36 bits per heavy atom. The summed E-state index contributed by atoms with van der Waals surface area (Å²) in [6.07, 6.45) is -3.77. The number of hydrogen-bond donors (Lipinski definition) is 6. The van der Waals surface area contributed by atoms with E-state index in [-0.39, 0.29) is 19.2 Å². The third-order valence-corrected chi connectivity index (χ3v) is 4.40. The summed E-state index contributed by atoms with van der Waals surface area (Å²) in [6.45, 7) is -0.910. The number of rotatable bonds is 8. The first-order valence-electron chi connectivity index (χ1n) is 6.88. The van der Waals surface area contributed by atoms with Crippen LogP contribution in [-0.2, 0) is 14.6 Å². The van der Waals surface area contributed by atoms with Gasteiger partial charge >= 0.3 is 10.4 Å². The lowest BCUT2D eigenvalue weighted by molar-refractivity contribution is -0.886. The number of nitrogens with one attached hydrogen (secondary N) is 1. The fourth-order valence-corrected chi connectivity index (χ4v) is 3.17. The van der Waals surface area contributed by atoms with E-state index < -0.39 is 41.4 Å². The van der Waals surface area contributed by atoms with Crippen LogP contribution in [0.1, 0.15) is 0 Å². The fourth-order valence-electron chi connectivity index (χ4n) is 2.67. The maximum absolute atomic E-state index is 10.7. The second kappa shape index (κ2) is 7.95. The van der Waals surface area contributed by atoms with Crippen molar-refractivity contribution in [2.45, 2.75) is 30.4 Å². The van der Waals surface area contributed by atoms with Gasteiger partial charge in [0.1, 0.15) is 18.2 Å². The van der Waals surface area contributed by atoms with Crippen LogP contribution in [0.2, 0.25) is 0 Å². The third-order valence-electron chi connectivity index (χ3n) is 3.91. The summed E-state index contributed by atoms with van der Waals surface area (Å²) in [6, 6.07) is -0.793. The SMILES string of the molecule is C[NH+](C)[C@@H]1CN(C[C@@H](O)[C@H](CO)OS(=O)(=O)O)[C@H](CO)[C@H]1O. The molecule has 0 unspecified atom stereocenters. The van der Waals surface area contributed by atoms with E-state index in [4.69, 9.17) is 9.66 Å². The average molecular weight is 345 g/mol. The third kappa shape index (κ3) is 5.08. The molecule has 0 amide bonds. The molecule has 0 saturated carbocycles. The highest BCUT2D eigenvalue weighted by Gasteiger charge is 2.45. The number of β-amino-alcohol motifs (C(OH)–C–C–N with tert-alkyl or cyclic N) is 1. The second-order valence-electron chi connectivity index (χ2n) is 5.69. The number of likely N-dealkylation sites (N-methyl/N-ethyl adjacent to an activating group) is 1. The second-order valence-corrected chi connectivity index (χ2v) is 6.74. The predicted octanol–water partition coefficient (Wildman–Crippen LogP) is -4.92. The monoisotopic (exact) mass is 345 g/mol.